The van der Waals surface area contributed by atoms with E-state index in [1.165, 1.54) is 0 Å². The zero-order valence-electron chi connectivity index (χ0n) is 6.72. The standard InChI is InChI=1S/C8H12N2O/c1-6(9-2)7-3-4-10-8(11)5-7/h3-6,9H,1-2H3,(H,10,11). The molecule has 1 aromatic heterocycles. The van der Waals surface area contributed by atoms with E-state index in [2.05, 4.69) is 10.3 Å². The molecule has 0 saturated heterocycles. The highest BCUT2D eigenvalue weighted by atomic mass is 16.1. The number of aromatic nitrogens is 1. The highest BCUT2D eigenvalue weighted by Crippen LogP contribution is 2.06. The summed E-state index contributed by atoms with van der Waals surface area (Å²) in [5.41, 5.74) is 0.959. The Morgan fingerprint density at radius 3 is 2.91 bits per heavy atom. The Morgan fingerprint density at radius 2 is 2.36 bits per heavy atom. The van der Waals surface area contributed by atoms with Crippen molar-refractivity contribution in [2.75, 3.05) is 7.05 Å². The number of hydrogen-bond donors (Lipinski definition) is 2. The molecule has 1 unspecified atom stereocenters. The Bertz CT molecular complexity index is 279. The zero-order chi connectivity index (χ0) is 8.27. The monoisotopic (exact) mass is 152 g/mol. The predicted molar refractivity (Wildman–Crippen MR) is 44.5 cm³/mol. The van der Waals surface area contributed by atoms with Crippen molar-refractivity contribution in [3.05, 3.63) is 34.2 Å². The molecule has 0 bridgehead atoms. The minimum atomic E-state index is -0.0513. The molecule has 2 N–H and O–H groups in total. The van der Waals surface area contributed by atoms with Crippen LogP contribution in [0.15, 0.2) is 23.1 Å². The van der Waals surface area contributed by atoms with Gasteiger partial charge < -0.3 is 10.3 Å². The van der Waals surface area contributed by atoms with Crippen molar-refractivity contribution >= 4 is 0 Å². The Morgan fingerprint density at radius 1 is 1.64 bits per heavy atom. The van der Waals surface area contributed by atoms with Gasteiger partial charge in [0.1, 0.15) is 0 Å². The maximum absolute atomic E-state index is 10.8. The first-order valence-electron chi connectivity index (χ1n) is 3.60. The third-order valence-electron chi connectivity index (χ3n) is 1.73. The summed E-state index contributed by atoms with van der Waals surface area (Å²) in [6.07, 6.45) is 1.66. The largest absolute Gasteiger partial charge is 0.329 e. The van der Waals surface area contributed by atoms with Crippen LogP contribution in [0.2, 0.25) is 0 Å². The van der Waals surface area contributed by atoms with Crippen LogP contribution in [0.1, 0.15) is 18.5 Å². The van der Waals surface area contributed by atoms with Crippen molar-refractivity contribution in [2.24, 2.45) is 0 Å². The minimum absolute atomic E-state index is 0.0513. The van der Waals surface area contributed by atoms with E-state index in [4.69, 9.17) is 0 Å². The van der Waals surface area contributed by atoms with Crippen LogP contribution in [0.3, 0.4) is 0 Å². The van der Waals surface area contributed by atoms with Crippen LogP contribution in [-0.2, 0) is 0 Å². The minimum Gasteiger partial charge on any atom is -0.329 e. The smallest absolute Gasteiger partial charge is 0.248 e. The van der Waals surface area contributed by atoms with Crippen molar-refractivity contribution < 1.29 is 0 Å². The molecule has 0 aliphatic heterocycles. The molecule has 3 heteroatoms. The predicted octanol–water partition coefficient (Wildman–Crippen LogP) is 0.655. The third-order valence-corrected chi connectivity index (χ3v) is 1.73. The van der Waals surface area contributed by atoms with E-state index in [-0.39, 0.29) is 11.6 Å². The summed E-state index contributed by atoms with van der Waals surface area (Å²) in [6.45, 7) is 2.01. The van der Waals surface area contributed by atoms with E-state index in [0.29, 0.717) is 0 Å². The molecule has 0 amide bonds. The lowest BCUT2D eigenvalue weighted by atomic mass is 10.1. The molecular formula is C8H12N2O. The Kier molecular flexibility index (Phi) is 2.44. The summed E-state index contributed by atoms with van der Waals surface area (Å²) in [6, 6.07) is 3.72. The molecule has 1 aromatic rings. The molecular weight excluding hydrogens is 140 g/mol. The SMILES string of the molecule is CNC(C)c1cc[nH]c(=O)c1. The van der Waals surface area contributed by atoms with Gasteiger partial charge in [0.2, 0.25) is 5.56 Å². The fraction of sp³-hybridized carbons (Fsp3) is 0.375. The van der Waals surface area contributed by atoms with E-state index in [9.17, 15) is 4.79 Å². The number of H-pyrrole nitrogens is 1. The normalized spacial score (nSPS) is 12.9. The van der Waals surface area contributed by atoms with Gasteiger partial charge in [-0.2, -0.15) is 0 Å². The highest BCUT2D eigenvalue weighted by Gasteiger charge is 2.00. The molecule has 3 nitrogen and oxygen atoms in total. The fourth-order valence-electron chi connectivity index (χ4n) is 0.897. The first-order valence-corrected chi connectivity index (χ1v) is 3.60. The molecule has 0 aromatic carbocycles. The molecule has 0 aliphatic carbocycles. The summed E-state index contributed by atoms with van der Waals surface area (Å²) in [5, 5.41) is 3.06. The molecule has 1 rings (SSSR count). The Hall–Kier alpha value is -1.09. The van der Waals surface area contributed by atoms with Gasteiger partial charge in [-0.1, -0.05) is 0 Å². The number of rotatable bonds is 2. The number of nitrogens with one attached hydrogen (secondary N) is 2. The van der Waals surface area contributed by atoms with Crippen molar-refractivity contribution in [1.29, 1.82) is 0 Å². The van der Waals surface area contributed by atoms with E-state index < -0.39 is 0 Å². The van der Waals surface area contributed by atoms with E-state index >= 15 is 0 Å². The van der Waals surface area contributed by atoms with Gasteiger partial charge in [0.15, 0.2) is 0 Å². The van der Waals surface area contributed by atoms with Crippen LogP contribution in [0.4, 0.5) is 0 Å². The maximum atomic E-state index is 10.8. The lowest BCUT2D eigenvalue weighted by Crippen LogP contribution is -2.15. The Balaban J connectivity index is 2.96. The van der Waals surface area contributed by atoms with E-state index in [1.807, 2.05) is 20.0 Å². The summed E-state index contributed by atoms with van der Waals surface area (Å²) >= 11 is 0. The van der Waals surface area contributed by atoms with Crippen molar-refractivity contribution in [2.45, 2.75) is 13.0 Å². The number of aromatic amines is 1. The van der Waals surface area contributed by atoms with E-state index in [1.54, 1.807) is 12.3 Å². The molecule has 0 fully saturated rings. The van der Waals surface area contributed by atoms with Crippen LogP contribution >= 0.6 is 0 Å². The van der Waals surface area contributed by atoms with Crippen LogP contribution in [0.5, 0.6) is 0 Å². The quantitative estimate of drug-likeness (QED) is 0.653. The molecule has 1 heterocycles. The van der Waals surface area contributed by atoms with Crippen molar-refractivity contribution in [3.8, 4) is 0 Å². The third kappa shape index (κ3) is 1.91. The van der Waals surface area contributed by atoms with Gasteiger partial charge in [0.25, 0.3) is 0 Å². The fourth-order valence-corrected chi connectivity index (χ4v) is 0.897. The maximum Gasteiger partial charge on any atom is 0.248 e. The van der Waals surface area contributed by atoms with Crippen molar-refractivity contribution in [1.82, 2.24) is 10.3 Å². The molecule has 1 atom stereocenters. The molecule has 0 aliphatic rings. The van der Waals surface area contributed by atoms with Gasteiger partial charge in [0.05, 0.1) is 0 Å². The first-order chi connectivity index (χ1) is 5.24. The van der Waals surface area contributed by atoms with Crippen LogP contribution < -0.4 is 10.9 Å². The second kappa shape index (κ2) is 3.34. The zero-order valence-corrected chi connectivity index (χ0v) is 6.72. The second-order valence-corrected chi connectivity index (χ2v) is 2.50. The van der Waals surface area contributed by atoms with Gasteiger partial charge in [0, 0.05) is 18.3 Å². The summed E-state index contributed by atoms with van der Waals surface area (Å²) < 4.78 is 0. The number of hydrogen-bond acceptors (Lipinski definition) is 2. The average molecular weight is 152 g/mol. The van der Waals surface area contributed by atoms with Gasteiger partial charge in [-0.15, -0.1) is 0 Å². The van der Waals surface area contributed by atoms with Gasteiger partial charge >= 0.3 is 0 Å². The van der Waals surface area contributed by atoms with E-state index in [0.717, 1.165) is 5.56 Å². The summed E-state index contributed by atoms with van der Waals surface area (Å²) in [4.78, 5) is 13.4. The topological polar surface area (TPSA) is 44.9 Å². The molecule has 11 heavy (non-hydrogen) atoms. The number of pyridine rings is 1. The van der Waals surface area contributed by atoms with Crippen LogP contribution in [0.25, 0.3) is 0 Å². The lowest BCUT2D eigenvalue weighted by molar-refractivity contribution is 0.650. The second-order valence-electron chi connectivity index (χ2n) is 2.50. The lowest BCUT2D eigenvalue weighted by Gasteiger charge is -2.08. The summed E-state index contributed by atoms with van der Waals surface area (Å²) in [5.74, 6) is 0. The van der Waals surface area contributed by atoms with Gasteiger partial charge in [-0.3, -0.25) is 4.79 Å². The first kappa shape index (κ1) is 8.01. The Labute approximate surface area is 65.5 Å². The summed E-state index contributed by atoms with van der Waals surface area (Å²) in [7, 11) is 1.87. The highest BCUT2D eigenvalue weighted by molar-refractivity contribution is 5.13. The molecule has 0 radical (unpaired) electrons. The molecule has 0 spiro atoms. The molecule has 60 valence electrons. The van der Waals surface area contributed by atoms with Gasteiger partial charge in [-0.25, -0.2) is 0 Å². The van der Waals surface area contributed by atoms with Crippen molar-refractivity contribution in [3.63, 3.8) is 0 Å². The van der Waals surface area contributed by atoms with Gasteiger partial charge in [-0.05, 0) is 25.6 Å². The van der Waals surface area contributed by atoms with Crippen LogP contribution in [-0.4, -0.2) is 12.0 Å². The van der Waals surface area contributed by atoms with Crippen LogP contribution in [0, 0.1) is 0 Å². The average Bonchev–Trinajstić information content (AvgIpc) is 2.03. The molecule has 0 saturated carbocycles.